The van der Waals surface area contributed by atoms with Crippen LogP contribution >= 0.6 is 0 Å². The van der Waals surface area contributed by atoms with Gasteiger partial charge in [0.1, 0.15) is 18.2 Å². The summed E-state index contributed by atoms with van der Waals surface area (Å²) in [5.41, 5.74) is 6.29. The third kappa shape index (κ3) is 3.91. The second-order valence-corrected chi connectivity index (χ2v) is 5.64. The average molecular weight is 267 g/mol. The maximum Gasteiger partial charge on any atom is 0.123 e. The van der Waals surface area contributed by atoms with Gasteiger partial charge in [0.05, 0.1) is 11.7 Å². The van der Waals surface area contributed by atoms with Gasteiger partial charge in [0.25, 0.3) is 0 Å². The SMILES string of the molecule is CC1(C)CCC(COc2ccc(F)cc2CCN)O1. The summed E-state index contributed by atoms with van der Waals surface area (Å²) >= 11 is 0. The highest BCUT2D eigenvalue weighted by molar-refractivity contribution is 5.34. The van der Waals surface area contributed by atoms with Gasteiger partial charge >= 0.3 is 0 Å². The molecule has 1 saturated heterocycles. The minimum Gasteiger partial charge on any atom is -0.491 e. The summed E-state index contributed by atoms with van der Waals surface area (Å²) in [6.45, 7) is 5.16. The van der Waals surface area contributed by atoms with Gasteiger partial charge in [-0.05, 0) is 63.4 Å². The zero-order valence-electron chi connectivity index (χ0n) is 11.6. The Morgan fingerprint density at radius 2 is 2.26 bits per heavy atom. The van der Waals surface area contributed by atoms with Crippen molar-refractivity contribution in [2.45, 2.75) is 44.8 Å². The van der Waals surface area contributed by atoms with Gasteiger partial charge in [-0.1, -0.05) is 0 Å². The van der Waals surface area contributed by atoms with E-state index in [2.05, 4.69) is 13.8 Å². The molecule has 4 heteroatoms. The Kier molecular flexibility index (Phi) is 4.42. The Hall–Kier alpha value is -1.13. The maximum absolute atomic E-state index is 13.2. The first-order chi connectivity index (χ1) is 9.00. The van der Waals surface area contributed by atoms with E-state index in [4.69, 9.17) is 15.2 Å². The van der Waals surface area contributed by atoms with Crippen molar-refractivity contribution < 1.29 is 13.9 Å². The molecule has 1 aromatic carbocycles. The van der Waals surface area contributed by atoms with Gasteiger partial charge in [0.2, 0.25) is 0 Å². The molecule has 106 valence electrons. The standard InChI is InChI=1S/C15H22FNO2/c1-15(2)7-5-13(19-15)10-18-14-4-3-12(16)9-11(14)6-8-17/h3-4,9,13H,5-8,10,17H2,1-2H3. The van der Waals surface area contributed by atoms with Crippen molar-refractivity contribution in [3.8, 4) is 5.75 Å². The van der Waals surface area contributed by atoms with Crippen molar-refractivity contribution in [1.29, 1.82) is 0 Å². The lowest BCUT2D eigenvalue weighted by atomic mass is 10.1. The topological polar surface area (TPSA) is 44.5 Å². The number of halogens is 1. The summed E-state index contributed by atoms with van der Waals surface area (Å²) in [7, 11) is 0. The number of hydrogen-bond donors (Lipinski definition) is 1. The van der Waals surface area contributed by atoms with Crippen LogP contribution in [0.25, 0.3) is 0 Å². The summed E-state index contributed by atoms with van der Waals surface area (Å²) in [4.78, 5) is 0. The molecule has 1 aromatic rings. The van der Waals surface area contributed by atoms with E-state index in [-0.39, 0.29) is 17.5 Å². The molecule has 1 atom stereocenters. The van der Waals surface area contributed by atoms with Gasteiger partial charge in [0, 0.05) is 0 Å². The summed E-state index contributed by atoms with van der Waals surface area (Å²) in [5.74, 6) is 0.453. The molecular formula is C15H22FNO2. The minimum atomic E-state index is -0.256. The highest BCUT2D eigenvalue weighted by Crippen LogP contribution is 2.30. The molecule has 0 saturated carbocycles. The molecule has 2 rings (SSSR count). The van der Waals surface area contributed by atoms with Gasteiger partial charge in [-0.3, -0.25) is 0 Å². The minimum absolute atomic E-state index is 0.0586. The molecule has 0 radical (unpaired) electrons. The van der Waals surface area contributed by atoms with Crippen LogP contribution in [-0.2, 0) is 11.2 Å². The molecule has 0 aromatic heterocycles. The van der Waals surface area contributed by atoms with E-state index in [1.807, 2.05) is 0 Å². The van der Waals surface area contributed by atoms with Crippen LogP contribution in [0, 0.1) is 5.82 Å². The van der Waals surface area contributed by atoms with Crippen molar-refractivity contribution in [1.82, 2.24) is 0 Å². The Bertz CT molecular complexity index is 434. The van der Waals surface area contributed by atoms with E-state index in [9.17, 15) is 4.39 Å². The summed E-state index contributed by atoms with van der Waals surface area (Å²) in [6.07, 6.45) is 2.77. The van der Waals surface area contributed by atoms with E-state index >= 15 is 0 Å². The van der Waals surface area contributed by atoms with Crippen LogP contribution in [0.2, 0.25) is 0 Å². The predicted octanol–water partition coefficient (Wildman–Crippen LogP) is 2.66. The van der Waals surface area contributed by atoms with E-state index in [1.54, 1.807) is 6.07 Å². The Morgan fingerprint density at radius 1 is 1.47 bits per heavy atom. The third-order valence-electron chi connectivity index (χ3n) is 3.42. The fraction of sp³-hybridized carbons (Fsp3) is 0.600. The van der Waals surface area contributed by atoms with E-state index in [0.717, 1.165) is 18.4 Å². The van der Waals surface area contributed by atoms with Crippen molar-refractivity contribution in [3.63, 3.8) is 0 Å². The monoisotopic (exact) mass is 267 g/mol. The predicted molar refractivity (Wildman–Crippen MR) is 72.8 cm³/mol. The van der Waals surface area contributed by atoms with Crippen molar-refractivity contribution in [2.24, 2.45) is 5.73 Å². The van der Waals surface area contributed by atoms with Crippen molar-refractivity contribution in [2.75, 3.05) is 13.2 Å². The molecule has 2 N–H and O–H groups in total. The van der Waals surface area contributed by atoms with Crippen LogP contribution < -0.4 is 10.5 Å². The number of nitrogens with two attached hydrogens (primary N) is 1. The van der Waals surface area contributed by atoms with Crippen LogP contribution in [0.4, 0.5) is 4.39 Å². The summed E-state index contributed by atoms with van der Waals surface area (Å²) in [6, 6.07) is 4.57. The van der Waals surface area contributed by atoms with Gasteiger partial charge < -0.3 is 15.2 Å². The fourth-order valence-corrected chi connectivity index (χ4v) is 2.42. The molecular weight excluding hydrogens is 245 g/mol. The van der Waals surface area contributed by atoms with Gasteiger partial charge in [-0.25, -0.2) is 4.39 Å². The van der Waals surface area contributed by atoms with Crippen LogP contribution in [0.1, 0.15) is 32.3 Å². The average Bonchev–Trinajstić information content (AvgIpc) is 2.68. The maximum atomic E-state index is 13.2. The Morgan fingerprint density at radius 3 is 2.89 bits per heavy atom. The third-order valence-corrected chi connectivity index (χ3v) is 3.42. The molecule has 1 heterocycles. The molecule has 3 nitrogen and oxygen atoms in total. The smallest absolute Gasteiger partial charge is 0.123 e. The zero-order chi connectivity index (χ0) is 13.9. The quantitative estimate of drug-likeness (QED) is 0.892. The highest BCUT2D eigenvalue weighted by atomic mass is 19.1. The first-order valence-electron chi connectivity index (χ1n) is 6.79. The molecule has 1 aliphatic heterocycles. The molecule has 1 aliphatic rings. The van der Waals surface area contributed by atoms with E-state index < -0.39 is 0 Å². The lowest BCUT2D eigenvalue weighted by Gasteiger charge is -2.20. The second-order valence-electron chi connectivity index (χ2n) is 5.64. The second kappa shape index (κ2) is 5.88. The Labute approximate surface area is 113 Å². The first kappa shape index (κ1) is 14.3. The first-order valence-corrected chi connectivity index (χ1v) is 6.79. The molecule has 0 aliphatic carbocycles. The van der Waals surface area contributed by atoms with Crippen LogP contribution in [0.5, 0.6) is 5.75 Å². The number of rotatable bonds is 5. The fourth-order valence-electron chi connectivity index (χ4n) is 2.42. The zero-order valence-corrected chi connectivity index (χ0v) is 11.6. The van der Waals surface area contributed by atoms with Crippen LogP contribution in [-0.4, -0.2) is 24.9 Å². The van der Waals surface area contributed by atoms with Crippen molar-refractivity contribution in [3.05, 3.63) is 29.6 Å². The van der Waals surface area contributed by atoms with Gasteiger partial charge in [0.15, 0.2) is 0 Å². The molecule has 19 heavy (non-hydrogen) atoms. The van der Waals surface area contributed by atoms with E-state index in [0.29, 0.717) is 25.3 Å². The normalized spacial score (nSPS) is 21.6. The lowest BCUT2D eigenvalue weighted by Crippen LogP contribution is -2.24. The number of hydrogen-bond acceptors (Lipinski definition) is 3. The summed E-state index contributed by atoms with van der Waals surface area (Å²) in [5, 5.41) is 0. The Balaban J connectivity index is 1.96. The molecule has 1 fully saturated rings. The van der Waals surface area contributed by atoms with E-state index in [1.165, 1.54) is 12.1 Å². The number of ether oxygens (including phenoxy) is 2. The lowest BCUT2D eigenvalue weighted by molar-refractivity contribution is -0.0327. The van der Waals surface area contributed by atoms with Crippen LogP contribution in [0.3, 0.4) is 0 Å². The van der Waals surface area contributed by atoms with Gasteiger partial charge in [-0.15, -0.1) is 0 Å². The highest BCUT2D eigenvalue weighted by Gasteiger charge is 2.31. The number of benzene rings is 1. The molecule has 1 unspecified atom stereocenters. The van der Waals surface area contributed by atoms with Crippen LogP contribution in [0.15, 0.2) is 18.2 Å². The largest absolute Gasteiger partial charge is 0.491 e. The van der Waals surface area contributed by atoms with Gasteiger partial charge in [-0.2, -0.15) is 0 Å². The molecule has 0 spiro atoms. The molecule has 0 amide bonds. The molecule has 0 bridgehead atoms. The summed E-state index contributed by atoms with van der Waals surface area (Å²) < 4.78 is 24.8. The van der Waals surface area contributed by atoms with Crippen molar-refractivity contribution >= 4 is 0 Å².